The van der Waals surface area contributed by atoms with Crippen molar-refractivity contribution in [2.45, 2.75) is 38.3 Å². The summed E-state index contributed by atoms with van der Waals surface area (Å²) in [6.07, 6.45) is 1.97. The number of nitrogens with zero attached hydrogens (tertiary/aromatic N) is 2. The molecule has 0 saturated carbocycles. The van der Waals surface area contributed by atoms with E-state index in [1.807, 2.05) is 6.92 Å². The predicted octanol–water partition coefficient (Wildman–Crippen LogP) is 2.82. The SMILES string of the molecule is CCCCC1(CN(O)C=O)NC(=O)N(Cc2ccc(Cl)c(Cl)c2)C1=O. The Labute approximate surface area is 155 Å². The first kappa shape index (κ1) is 19.5. The molecule has 1 heterocycles. The van der Waals surface area contributed by atoms with E-state index < -0.39 is 17.5 Å². The van der Waals surface area contributed by atoms with E-state index >= 15 is 0 Å². The Morgan fingerprint density at radius 1 is 1.32 bits per heavy atom. The first-order valence-electron chi connectivity index (χ1n) is 7.82. The Kier molecular flexibility index (Phi) is 6.26. The Balaban J connectivity index is 2.25. The number of halogens is 2. The van der Waals surface area contributed by atoms with Crippen molar-refractivity contribution in [1.29, 1.82) is 0 Å². The molecule has 1 aromatic rings. The number of hydroxylamine groups is 2. The number of hydrogen-bond acceptors (Lipinski definition) is 4. The second kappa shape index (κ2) is 8.03. The van der Waals surface area contributed by atoms with Crippen LogP contribution in [0.25, 0.3) is 0 Å². The number of rotatable bonds is 8. The van der Waals surface area contributed by atoms with E-state index in [2.05, 4.69) is 5.32 Å². The number of hydrogen-bond donors (Lipinski definition) is 2. The molecule has 0 spiro atoms. The molecule has 4 amide bonds. The van der Waals surface area contributed by atoms with Crippen LogP contribution < -0.4 is 5.32 Å². The third-order valence-corrected chi connectivity index (χ3v) is 4.82. The summed E-state index contributed by atoms with van der Waals surface area (Å²) in [5.41, 5.74) is -0.695. The summed E-state index contributed by atoms with van der Waals surface area (Å²) >= 11 is 11.8. The summed E-state index contributed by atoms with van der Waals surface area (Å²) < 4.78 is 0. The lowest BCUT2D eigenvalue weighted by Gasteiger charge is -2.28. The summed E-state index contributed by atoms with van der Waals surface area (Å²) in [6, 6.07) is 4.26. The molecule has 25 heavy (non-hydrogen) atoms. The van der Waals surface area contributed by atoms with E-state index in [0.29, 0.717) is 33.5 Å². The lowest BCUT2D eigenvalue weighted by Crippen LogP contribution is -2.54. The first-order chi connectivity index (χ1) is 11.8. The van der Waals surface area contributed by atoms with Gasteiger partial charge in [0, 0.05) is 0 Å². The summed E-state index contributed by atoms with van der Waals surface area (Å²) in [5, 5.41) is 13.2. The average Bonchev–Trinajstić information content (AvgIpc) is 2.80. The number of carbonyl (C=O) groups excluding carboxylic acids is 3. The number of amides is 4. The summed E-state index contributed by atoms with van der Waals surface area (Å²) in [4.78, 5) is 37.0. The number of carbonyl (C=O) groups is 3. The third-order valence-electron chi connectivity index (χ3n) is 4.08. The van der Waals surface area contributed by atoms with Gasteiger partial charge in [-0.25, -0.2) is 9.86 Å². The molecule has 1 aliphatic rings. The molecule has 1 atom stereocenters. The fourth-order valence-electron chi connectivity index (χ4n) is 2.79. The molecule has 1 aromatic carbocycles. The number of benzene rings is 1. The topological polar surface area (TPSA) is 89.9 Å². The van der Waals surface area contributed by atoms with Gasteiger partial charge in [0.25, 0.3) is 5.91 Å². The maximum Gasteiger partial charge on any atom is 0.325 e. The molecule has 2 rings (SSSR count). The molecular weight excluding hydrogens is 369 g/mol. The fraction of sp³-hybridized carbons (Fsp3) is 0.438. The number of nitrogens with one attached hydrogen (secondary N) is 1. The van der Waals surface area contributed by atoms with E-state index in [1.54, 1.807) is 18.2 Å². The second-order valence-corrected chi connectivity index (χ2v) is 6.77. The highest BCUT2D eigenvalue weighted by atomic mass is 35.5. The Bertz CT molecular complexity index is 685. The van der Waals surface area contributed by atoms with Gasteiger partial charge >= 0.3 is 6.03 Å². The minimum absolute atomic E-state index is 0.0158. The van der Waals surface area contributed by atoms with Crippen LogP contribution in [0.15, 0.2) is 18.2 Å². The summed E-state index contributed by atoms with van der Waals surface area (Å²) in [6.45, 7) is 1.65. The number of imide groups is 1. The quantitative estimate of drug-likeness (QED) is 0.310. The normalized spacial score (nSPS) is 19.9. The van der Waals surface area contributed by atoms with Crippen molar-refractivity contribution in [3.8, 4) is 0 Å². The van der Waals surface area contributed by atoms with E-state index in [1.165, 1.54) is 0 Å². The molecule has 0 aliphatic carbocycles. The Morgan fingerprint density at radius 2 is 2.04 bits per heavy atom. The van der Waals surface area contributed by atoms with Gasteiger partial charge < -0.3 is 5.32 Å². The standard InChI is InChI=1S/C16H19Cl2N3O4/c1-2-3-6-16(9-20(25)10-22)14(23)21(15(24)19-16)8-11-4-5-12(17)13(18)7-11/h4-5,7,10,25H,2-3,6,8-9H2,1H3,(H,19,24). The van der Waals surface area contributed by atoms with Crippen LogP contribution in [0.2, 0.25) is 10.0 Å². The molecule has 7 nitrogen and oxygen atoms in total. The molecule has 1 aliphatic heterocycles. The third kappa shape index (κ3) is 4.23. The van der Waals surface area contributed by atoms with Crippen molar-refractivity contribution in [2.24, 2.45) is 0 Å². The van der Waals surface area contributed by atoms with Crippen molar-refractivity contribution < 1.29 is 19.6 Å². The maximum absolute atomic E-state index is 12.9. The number of urea groups is 1. The van der Waals surface area contributed by atoms with Gasteiger partial charge in [0.05, 0.1) is 23.1 Å². The molecule has 0 aromatic heterocycles. The highest BCUT2D eigenvalue weighted by Crippen LogP contribution is 2.28. The summed E-state index contributed by atoms with van der Waals surface area (Å²) in [5.74, 6) is -0.488. The molecule has 1 fully saturated rings. The van der Waals surface area contributed by atoms with Crippen LogP contribution in [0.1, 0.15) is 31.7 Å². The van der Waals surface area contributed by atoms with Gasteiger partial charge in [-0.3, -0.25) is 19.7 Å². The highest BCUT2D eigenvalue weighted by molar-refractivity contribution is 6.42. The average molecular weight is 388 g/mol. The van der Waals surface area contributed by atoms with Crippen LogP contribution in [-0.2, 0) is 16.1 Å². The van der Waals surface area contributed by atoms with Gasteiger partial charge in [0.1, 0.15) is 5.54 Å². The van der Waals surface area contributed by atoms with Crippen molar-refractivity contribution in [3.05, 3.63) is 33.8 Å². The summed E-state index contributed by atoms with van der Waals surface area (Å²) in [7, 11) is 0. The zero-order valence-corrected chi connectivity index (χ0v) is 15.2. The van der Waals surface area contributed by atoms with Gasteiger partial charge in [0.2, 0.25) is 6.41 Å². The van der Waals surface area contributed by atoms with Gasteiger partial charge in [-0.05, 0) is 24.1 Å². The molecule has 0 bridgehead atoms. The lowest BCUT2D eigenvalue weighted by molar-refractivity contribution is -0.157. The fourth-order valence-corrected chi connectivity index (χ4v) is 3.11. The van der Waals surface area contributed by atoms with Gasteiger partial charge in [-0.1, -0.05) is 49.0 Å². The zero-order valence-electron chi connectivity index (χ0n) is 13.7. The van der Waals surface area contributed by atoms with E-state index in [4.69, 9.17) is 23.2 Å². The monoisotopic (exact) mass is 387 g/mol. The maximum atomic E-state index is 12.9. The van der Waals surface area contributed by atoms with Gasteiger partial charge in [0.15, 0.2) is 0 Å². The van der Waals surface area contributed by atoms with Crippen LogP contribution in [-0.4, -0.2) is 45.6 Å². The van der Waals surface area contributed by atoms with Crippen molar-refractivity contribution in [2.75, 3.05) is 6.54 Å². The lowest BCUT2D eigenvalue weighted by atomic mass is 9.92. The largest absolute Gasteiger partial charge is 0.325 e. The van der Waals surface area contributed by atoms with Crippen molar-refractivity contribution >= 4 is 41.6 Å². The minimum Gasteiger partial charge on any atom is -0.321 e. The van der Waals surface area contributed by atoms with Crippen molar-refractivity contribution in [1.82, 2.24) is 15.3 Å². The van der Waals surface area contributed by atoms with Crippen molar-refractivity contribution in [3.63, 3.8) is 0 Å². The van der Waals surface area contributed by atoms with Crippen LogP contribution >= 0.6 is 23.2 Å². The van der Waals surface area contributed by atoms with Crippen LogP contribution in [0.4, 0.5) is 4.79 Å². The predicted molar refractivity (Wildman–Crippen MR) is 92.4 cm³/mol. The Morgan fingerprint density at radius 3 is 2.64 bits per heavy atom. The smallest absolute Gasteiger partial charge is 0.321 e. The molecule has 1 unspecified atom stereocenters. The molecular formula is C16H19Cl2N3O4. The second-order valence-electron chi connectivity index (χ2n) is 5.96. The molecule has 9 heteroatoms. The first-order valence-corrected chi connectivity index (χ1v) is 8.57. The molecule has 0 radical (unpaired) electrons. The highest BCUT2D eigenvalue weighted by Gasteiger charge is 2.51. The van der Waals surface area contributed by atoms with E-state index in [0.717, 1.165) is 11.3 Å². The van der Waals surface area contributed by atoms with Crippen LogP contribution in [0.5, 0.6) is 0 Å². The number of unbranched alkanes of at least 4 members (excludes halogenated alkanes) is 1. The molecule has 2 N–H and O–H groups in total. The van der Waals surface area contributed by atoms with Crippen LogP contribution in [0, 0.1) is 0 Å². The van der Waals surface area contributed by atoms with E-state index in [9.17, 15) is 19.6 Å². The van der Waals surface area contributed by atoms with E-state index in [-0.39, 0.29) is 19.5 Å². The van der Waals surface area contributed by atoms with Crippen LogP contribution in [0.3, 0.4) is 0 Å². The van der Waals surface area contributed by atoms with Gasteiger partial charge in [-0.15, -0.1) is 0 Å². The molecule has 136 valence electrons. The van der Waals surface area contributed by atoms with Gasteiger partial charge in [-0.2, -0.15) is 0 Å². The minimum atomic E-state index is -1.33. The molecule has 1 saturated heterocycles. The zero-order chi connectivity index (χ0) is 18.6. The Hall–Kier alpha value is -1.83.